The van der Waals surface area contributed by atoms with Gasteiger partial charge in [0, 0.05) is 6.61 Å². The predicted molar refractivity (Wildman–Crippen MR) is 161 cm³/mol. The van der Waals surface area contributed by atoms with Gasteiger partial charge in [-0.1, -0.05) is 0 Å². The van der Waals surface area contributed by atoms with Crippen LogP contribution < -0.4 is 0 Å². The van der Waals surface area contributed by atoms with Gasteiger partial charge in [-0.2, -0.15) is 0 Å². The number of hydrogen-bond acceptors (Lipinski definition) is 14. The Labute approximate surface area is 268 Å². The van der Waals surface area contributed by atoms with E-state index in [1.54, 1.807) is 0 Å². The maximum absolute atomic E-state index is 10.3. The molecule has 1 saturated heterocycles. The first-order valence-corrected chi connectivity index (χ1v) is 16.1. The van der Waals surface area contributed by atoms with Crippen molar-refractivity contribution in [2.45, 2.75) is 32.0 Å². The molecule has 1 atom stereocenters. The number of aliphatic carboxylic acids is 1. The summed E-state index contributed by atoms with van der Waals surface area (Å²) in [5.41, 5.74) is 0. The van der Waals surface area contributed by atoms with E-state index in [9.17, 15) is 4.79 Å². The summed E-state index contributed by atoms with van der Waals surface area (Å²) >= 11 is 0. The molecule has 0 aliphatic carbocycles. The molecule has 1 rings (SSSR count). The molecule has 1 unspecified atom stereocenters. The van der Waals surface area contributed by atoms with Gasteiger partial charge in [0.05, 0.1) is 158 Å². The lowest BCUT2D eigenvalue weighted by molar-refractivity contribution is -0.169. The predicted octanol–water partition coefficient (Wildman–Crippen LogP) is 1.19. The second-order valence-electron chi connectivity index (χ2n) is 9.55. The second-order valence-corrected chi connectivity index (χ2v) is 9.55. The Bertz CT molecular complexity index is 596. The minimum absolute atomic E-state index is 0.00181. The van der Waals surface area contributed by atoms with Gasteiger partial charge in [-0.3, -0.25) is 4.79 Å². The summed E-state index contributed by atoms with van der Waals surface area (Å²) in [6.45, 7) is 11.7. The molecule has 15 nitrogen and oxygen atoms in total. The van der Waals surface area contributed by atoms with E-state index in [4.69, 9.17) is 66.7 Å². The molecule has 0 radical (unpaired) electrons. The van der Waals surface area contributed by atoms with E-state index in [1.807, 2.05) is 0 Å². The third-order valence-electron chi connectivity index (χ3n) is 5.85. The SMILES string of the molecule is O=C(O)CCOCCOCCOCCOCCOCCOCCOCCOCCOCCOCCOCCOC1CCCCO1. The molecule has 0 amide bonds. The summed E-state index contributed by atoms with van der Waals surface area (Å²) in [7, 11) is 0. The van der Waals surface area contributed by atoms with Crippen molar-refractivity contribution in [1.29, 1.82) is 0 Å². The number of hydrogen-bond donors (Lipinski definition) is 1. The quantitative estimate of drug-likeness (QED) is 0.0949. The lowest BCUT2D eigenvalue weighted by Crippen LogP contribution is -2.24. The fraction of sp³-hybridized carbons (Fsp3) is 0.967. The zero-order valence-electron chi connectivity index (χ0n) is 27.0. The standard InChI is InChI=1S/C30H58O15/c31-29(32)4-6-33-7-8-34-9-10-35-11-12-36-13-14-37-15-16-38-17-18-39-19-20-40-21-22-41-23-24-42-25-26-43-27-28-45-30-3-1-2-5-44-30/h30H,1-28H2,(H,31,32). The van der Waals surface area contributed by atoms with Crippen molar-refractivity contribution in [3.05, 3.63) is 0 Å². The van der Waals surface area contributed by atoms with Crippen LogP contribution in [0.4, 0.5) is 0 Å². The van der Waals surface area contributed by atoms with Gasteiger partial charge in [-0.15, -0.1) is 0 Å². The summed E-state index contributed by atoms with van der Waals surface area (Å²) in [4.78, 5) is 10.3. The van der Waals surface area contributed by atoms with E-state index in [1.165, 1.54) is 0 Å². The molecule has 1 heterocycles. The summed E-state index contributed by atoms with van der Waals surface area (Å²) < 4.78 is 70.6. The van der Waals surface area contributed by atoms with Crippen LogP contribution in [-0.2, 0) is 66.4 Å². The van der Waals surface area contributed by atoms with Gasteiger partial charge in [-0.05, 0) is 19.3 Å². The maximum Gasteiger partial charge on any atom is 0.305 e. The van der Waals surface area contributed by atoms with Crippen molar-refractivity contribution in [2.24, 2.45) is 0 Å². The molecule has 1 aliphatic rings. The molecule has 0 bridgehead atoms. The lowest BCUT2D eigenvalue weighted by atomic mass is 10.2. The number of rotatable bonds is 37. The number of ether oxygens (including phenoxy) is 13. The number of carboxylic acids is 1. The lowest BCUT2D eigenvalue weighted by Gasteiger charge is -2.22. The molecule has 268 valence electrons. The van der Waals surface area contributed by atoms with E-state index >= 15 is 0 Å². The van der Waals surface area contributed by atoms with E-state index in [0.717, 1.165) is 25.9 Å². The summed E-state index contributed by atoms with van der Waals surface area (Å²) in [6, 6.07) is 0. The molecular weight excluding hydrogens is 600 g/mol. The Morgan fingerprint density at radius 1 is 0.444 bits per heavy atom. The minimum Gasteiger partial charge on any atom is -0.481 e. The summed E-state index contributed by atoms with van der Waals surface area (Å²) in [5, 5.41) is 8.48. The van der Waals surface area contributed by atoms with E-state index < -0.39 is 5.97 Å². The molecule has 0 spiro atoms. The van der Waals surface area contributed by atoms with Gasteiger partial charge in [0.25, 0.3) is 0 Å². The molecular formula is C30H58O15. The van der Waals surface area contributed by atoms with Crippen LogP contribution in [0.3, 0.4) is 0 Å². The van der Waals surface area contributed by atoms with Crippen molar-refractivity contribution in [1.82, 2.24) is 0 Å². The highest BCUT2D eigenvalue weighted by Gasteiger charge is 2.13. The van der Waals surface area contributed by atoms with Gasteiger partial charge >= 0.3 is 5.97 Å². The monoisotopic (exact) mass is 658 g/mol. The average Bonchev–Trinajstić information content (AvgIpc) is 3.05. The Morgan fingerprint density at radius 3 is 1.00 bits per heavy atom. The first kappa shape index (κ1) is 42.0. The number of carbonyl (C=O) groups is 1. The first-order valence-electron chi connectivity index (χ1n) is 16.1. The van der Waals surface area contributed by atoms with E-state index in [-0.39, 0.29) is 19.3 Å². The van der Waals surface area contributed by atoms with Crippen LogP contribution in [0.25, 0.3) is 0 Å². The van der Waals surface area contributed by atoms with Gasteiger partial charge in [-0.25, -0.2) is 0 Å². The highest BCUT2D eigenvalue weighted by molar-refractivity contribution is 5.66. The Morgan fingerprint density at radius 2 is 0.733 bits per heavy atom. The fourth-order valence-corrected chi connectivity index (χ4v) is 3.54. The molecule has 1 aliphatic heterocycles. The van der Waals surface area contributed by atoms with Crippen LogP contribution >= 0.6 is 0 Å². The fourth-order valence-electron chi connectivity index (χ4n) is 3.54. The Hall–Kier alpha value is -1.05. The molecule has 0 aromatic rings. The van der Waals surface area contributed by atoms with Crippen LogP contribution in [0.5, 0.6) is 0 Å². The molecule has 15 heteroatoms. The highest BCUT2D eigenvalue weighted by Crippen LogP contribution is 2.13. The van der Waals surface area contributed by atoms with Crippen LogP contribution in [0.15, 0.2) is 0 Å². The van der Waals surface area contributed by atoms with Crippen LogP contribution in [0.2, 0.25) is 0 Å². The van der Waals surface area contributed by atoms with Crippen molar-refractivity contribution in [3.63, 3.8) is 0 Å². The normalized spacial score (nSPS) is 15.2. The van der Waals surface area contributed by atoms with E-state index in [2.05, 4.69) is 0 Å². The molecule has 1 fully saturated rings. The first-order chi connectivity index (χ1) is 22.3. The van der Waals surface area contributed by atoms with Crippen LogP contribution in [-0.4, -0.2) is 176 Å². The second kappa shape index (κ2) is 35.8. The smallest absolute Gasteiger partial charge is 0.305 e. The van der Waals surface area contributed by atoms with Crippen LogP contribution in [0, 0.1) is 0 Å². The van der Waals surface area contributed by atoms with Gasteiger partial charge < -0.3 is 66.7 Å². The molecule has 0 aromatic carbocycles. The Kier molecular flexibility index (Phi) is 33.4. The van der Waals surface area contributed by atoms with Crippen molar-refractivity contribution in [2.75, 3.05) is 159 Å². The van der Waals surface area contributed by atoms with Crippen molar-refractivity contribution >= 4 is 5.97 Å². The van der Waals surface area contributed by atoms with Gasteiger partial charge in [0.1, 0.15) is 0 Å². The molecule has 0 aromatic heterocycles. The van der Waals surface area contributed by atoms with Gasteiger partial charge in [0.2, 0.25) is 0 Å². The zero-order chi connectivity index (χ0) is 32.1. The third kappa shape index (κ3) is 34.1. The molecule has 45 heavy (non-hydrogen) atoms. The largest absolute Gasteiger partial charge is 0.481 e. The van der Waals surface area contributed by atoms with Crippen LogP contribution in [0.1, 0.15) is 25.7 Å². The zero-order valence-corrected chi connectivity index (χ0v) is 27.0. The maximum atomic E-state index is 10.3. The topological polar surface area (TPSA) is 157 Å². The third-order valence-corrected chi connectivity index (χ3v) is 5.85. The van der Waals surface area contributed by atoms with Crippen molar-refractivity contribution < 1.29 is 71.5 Å². The molecule has 1 N–H and O–H groups in total. The van der Waals surface area contributed by atoms with Gasteiger partial charge in [0.15, 0.2) is 6.29 Å². The summed E-state index contributed by atoms with van der Waals surface area (Å²) in [6.07, 6.45) is 3.17. The Balaban J connectivity index is 1.60. The van der Waals surface area contributed by atoms with Crippen molar-refractivity contribution in [3.8, 4) is 0 Å². The number of carboxylic acid groups (broad SMARTS) is 1. The highest BCUT2D eigenvalue weighted by atomic mass is 16.7. The average molecular weight is 659 g/mol. The minimum atomic E-state index is -0.874. The molecule has 0 saturated carbocycles. The summed E-state index contributed by atoms with van der Waals surface area (Å²) in [5.74, 6) is -0.874. The van der Waals surface area contributed by atoms with E-state index in [0.29, 0.717) is 145 Å².